The molecular weight excluding hydrogens is 359 g/mol. The SMILES string of the molecule is Cc1cccc(C)c1NC(=O)C1(C(=O)Nc2cccc(Cl)c2Cl)CC1. The van der Waals surface area contributed by atoms with E-state index >= 15 is 0 Å². The molecule has 0 bridgehead atoms. The lowest BCUT2D eigenvalue weighted by Gasteiger charge is -2.18. The van der Waals surface area contributed by atoms with E-state index in [4.69, 9.17) is 23.2 Å². The molecular formula is C19H18Cl2N2O2. The zero-order valence-electron chi connectivity index (χ0n) is 14.0. The first kappa shape index (κ1) is 17.8. The maximum Gasteiger partial charge on any atom is 0.240 e. The van der Waals surface area contributed by atoms with Crippen molar-refractivity contribution in [1.29, 1.82) is 0 Å². The Labute approximate surface area is 156 Å². The van der Waals surface area contributed by atoms with E-state index < -0.39 is 5.41 Å². The molecule has 1 saturated carbocycles. The second-order valence-corrected chi connectivity index (χ2v) is 7.14. The molecule has 0 heterocycles. The topological polar surface area (TPSA) is 58.2 Å². The number of nitrogens with one attached hydrogen (secondary N) is 2. The molecule has 6 heteroatoms. The van der Waals surface area contributed by atoms with Crippen molar-refractivity contribution in [2.45, 2.75) is 26.7 Å². The molecule has 2 amide bonds. The number of benzene rings is 2. The fourth-order valence-electron chi connectivity index (χ4n) is 2.77. The first-order chi connectivity index (χ1) is 11.8. The summed E-state index contributed by atoms with van der Waals surface area (Å²) in [7, 11) is 0. The number of hydrogen-bond acceptors (Lipinski definition) is 2. The number of anilines is 2. The monoisotopic (exact) mass is 376 g/mol. The number of carbonyl (C=O) groups excluding carboxylic acids is 2. The molecule has 3 rings (SSSR count). The quantitative estimate of drug-likeness (QED) is 0.740. The molecule has 4 nitrogen and oxygen atoms in total. The maximum atomic E-state index is 12.8. The van der Waals surface area contributed by atoms with E-state index in [1.165, 1.54) is 0 Å². The van der Waals surface area contributed by atoms with Gasteiger partial charge in [0.25, 0.3) is 0 Å². The van der Waals surface area contributed by atoms with Crippen LogP contribution >= 0.6 is 23.2 Å². The van der Waals surface area contributed by atoms with Crippen LogP contribution in [0.3, 0.4) is 0 Å². The van der Waals surface area contributed by atoms with Crippen molar-refractivity contribution in [2.75, 3.05) is 10.6 Å². The molecule has 0 aliphatic heterocycles. The van der Waals surface area contributed by atoms with E-state index in [9.17, 15) is 9.59 Å². The largest absolute Gasteiger partial charge is 0.325 e. The third-order valence-electron chi connectivity index (χ3n) is 4.54. The van der Waals surface area contributed by atoms with Crippen molar-refractivity contribution >= 4 is 46.4 Å². The number of para-hydroxylation sites is 1. The van der Waals surface area contributed by atoms with Crippen LogP contribution in [0.15, 0.2) is 36.4 Å². The number of carbonyl (C=O) groups is 2. The molecule has 0 unspecified atom stereocenters. The van der Waals surface area contributed by atoms with Crippen LogP contribution in [-0.4, -0.2) is 11.8 Å². The highest BCUT2D eigenvalue weighted by Crippen LogP contribution is 2.48. The molecule has 2 aromatic carbocycles. The summed E-state index contributed by atoms with van der Waals surface area (Å²) in [6.45, 7) is 3.85. The Morgan fingerprint density at radius 3 is 2.08 bits per heavy atom. The first-order valence-corrected chi connectivity index (χ1v) is 8.74. The first-order valence-electron chi connectivity index (χ1n) is 7.98. The molecule has 2 N–H and O–H groups in total. The average molecular weight is 377 g/mol. The van der Waals surface area contributed by atoms with Gasteiger partial charge in [-0.3, -0.25) is 9.59 Å². The number of rotatable bonds is 4. The summed E-state index contributed by atoms with van der Waals surface area (Å²) in [5.41, 5.74) is 2.03. The van der Waals surface area contributed by atoms with Crippen LogP contribution in [0.5, 0.6) is 0 Å². The highest BCUT2D eigenvalue weighted by molar-refractivity contribution is 6.44. The van der Waals surface area contributed by atoms with Gasteiger partial charge in [-0.1, -0.05) is 47.5 Å². The second kappa shape index (κ2) is 6.70. The molecule has 0 atom stereocenters. The lowest BCUT2D eigenvalue weighted by Crippen LogP contribution is -2.36. The van der Waals surface area contributed by atoms with Gasteiger partial charge < -0.3 is 10.6 Å². The Bertz CT molecular complexity index is 840. The Morgan fingerprint density at radius 1 is 0.920 bits per heavy atom. The zero-order chi connectivity index (χ0) is 18.2. The van der Waals surface area contributed by atoms with Crippen molar-refractivity contribution in [3.8, 4) is 0 Å². The minimum Gasteiger partial charge on any atom is -0.325 e. The normalized spacial score (nSPS) is 14.7. The van der Waals surface area contributed by atoms with E-state index in [0.29, 0.717) is 23.6 Å². The highest BCUT2D eigenvalue weighted by Gasteiger charge is 2.56. The molecule has 0 aromatic heterocycles. The van der Waals surface area contributed by atoms with E-state index in [2.05, 4.69) is 10.6 Å². The predicted octanol–water partition coefficient (Wildman–Crippen LogP) is 4.97. The predicted molar refractivity (Wildman–Crippen MR) is 101 cm³/mol. The highest BCUT2D eigenvalue weighted by atomic mass is 35.5. The van der Waals surface area contributed by atoms with Gasteiger partial charge in [-0.2, -0.15) is 0 Å². The van der Waals surface area contributed by atoms with Crippen LogP contribution in [0, 0.1) is 19.3 Å². The van der Waals surface area contributed by atoms with Crippen molar-refractivity contribution in [3.05, 3.63) is 57.6 Å². The summed E-state index contributed by atoms with van der Waals surface area (Å²) in [6, 6.07) is 10.8. The van der Waals surface area contributed by atoms with Gasteiger partial charge in [0.1, 0.15) is 5.41 Å². The van der Waals surface area contributed by atoms with Crippen LogP contribution in [0.1, 0.15) is 24.0 Å². The van der Waals surface area contributed by atoms with Crippen molar-refractivity contribution in [3.63, 3.8) is 0 Å². The molecule has 1 aliphatic carbocycles. The van der Waals surface area contributed by atoms with Crippen molar-refractivity contribution < 1.29 is 9.59 Å². The maximum absolute atomic E-state index is 12.8. The van der Waals surface area contributed by atoms with Gasteiger partial charge in [0, 0.05) is 5.69 Å². The summed E-state index contributed by atoms with van der Waals surface area (Å²) in [5.74, 6) is -0.652. The molecule has 0 radical (unpaired) electrons. The number of hydrogen-bond donors (Lipinski definition) is 2. The van der Waals surface area contributed by atoms with E-state index in [-0.39, 0.29) is 16.8 Å². The Morgan fingerprint density at radius 2 is 1.48 bits per heavy atom. The van der Waals surface area contributed by atoms with Crippen LogP contribution in [-0.2, 0) is 9.59 Å². The van der Waals surface area contributed by atoms with Gasteiger partial charge in [0.15, 0.2) is 0 Å². The molecule has 0 saturated heterocycles. The smallest absolute Gasteiger partial charge is 0.240 e. The molecule has 0 spiro atoms. The van der Waals surface area contributed by atoms with E-state index in [0.717, 1.165) is 16.8 Å². The summed E-state index contributed by atoms with van der Waals surface area (Å²) < 4.78 is 0. The molecule has 130 valence electrons. The molecule has 1 aliphatic rings. The molecule has 2 aromatic rings. The van der Waals surface area contributed by atoms with Crippen LogP contribution in [0.4, 0.5) is 11.4 Å². The Hall–Kier alpha value is -2.04. The van der Waals surface area contributed by atoms with Crippen LogP contribution in [0.25, 0.3) is 0 Å². The van der Waals surface area contributed by atoms with Gasteiger partial charge >= 0.3 is 0 Å². The fraction of sp³-hybridized carbons (Fsp3) is 0.263. The summed E-state index contributed by atoms with van der Waals surface area (Å²) >= 11 is 12.1. The number of halogens is 2. The Balaban J connectivity index is 1.78. The average Bonchev–Trinajstić information content (AvgIpc) is 3.37. The fourth-order valence-corrected chi connectivity index (χ4v) is 3.12. The summed E-state index contributed by atoms with van der Waals surface area (Å²) in [4.78, 5) is 25.4. The lowest BCUT2D eigenvalue weighted by molar-refractivity contribution is -0.131. The summed E-state index contributed by atoms with van der Waals surface area (Å²) in [6.07, 6.45) is 1.02. The third-order valence-corrected chi connectivity index (χ3v) is 5.36. The minimum absolute atomic E-state index is 0.267. The van der Waals surface area contributed by atoms with E-state index in [1.54, 1.807) is 18.2 Å². The van der Waals surface area contributed by atoms with Crippen LogP contribution in [0.2, 0.25) is 10.0 Å². The van der Waals surface area contributed by atoms with E-state index in [1.807, 2.05) is 32.0 Å². The summed E-state index contributed by atoms with van der Waals surface area (Å²) in [5, 5.41) is 6.27. The zero-order valence-corrected chi connectivity index (χ0v) is 15.5. The van der Waals surface area contributed by atoms with Gasteiger partial charge in [-0.15, -0.1) is 0 Å². The van der Waals surface area contributed by atoms with Gasteiger partial charge in [0.2, 0.25) is 11.8 Å². The number of amides is 2. The van der Waals surface area contributed by atoms with Crippen molar-refractivity contribution in [2.24, 2.45) is 5.41 Å². The lowest BCUT2D eigenvalue weighted by atomic mass is 10.0. The number of aryl methyl sites for hydroxylation is 2. The van der Waals surface area contributed by atoms with Gasteiger partial charge in [0.05, 0.1) is 15.7 Å². The van der Waals surface area contributed by atoms with Gasteiger partial charge in [-0.05, 0) is 49.9 Å². The molecule has 25 heavy (non-hydrogen) atoms. The van der Waals surface area contributed by atoms with Crippen LogP contribution < -0.4 is 10.6 Å². The second-order valence-electron chi connectivity index (χ2n) is 6.36. The van der Waals surface area contributed by atoms with Gasteiger partial charge in [-0.25, -0.2) is 0 Å². The minimum atomic E-state index is -1.06. The molecule has 1 fully saturated rings. The Kier molecular flexibility index (Phi) is 4.76. The third kappa shape index (κ3) is 3.37. The van der Waals surface area contributed by atoms with Crippen molar-refractivity contribution in [1.82, 2.24) is 0 Å². The standard InChI is InChI=1S/C19H18Cl2N2O2/c1-11-5-3-6-12(2)16(11)23-18(25)19(9-10-19)17(24)22-14-8-4-7-13(20)15(14)21/h3-8H,9-10H2,1-2H3,(H,22,24)(H,23,25).